The highest BCUT2D eigenvalue weighted by molar-refractivity contribution is 5.89. The van der Waals surface area contributed by atoms with Crippen LogP contribution in [0, 0.1) is 0 Å². The molecule has 0 amide bonds. The molecule has 0 atom stereocenters. The van der Waals surface area contributed by atoms with Gasteiger partial charge in [-0.1, -0.05) is 11.3 Å². The summed E-state index contributed by atoms with van der Waals surface area (Å²) in [7, 11) is 3.68. The molecule has 1 heterocycles. The van der Waals surface area contributed by atoms with Crippen molar-refractivity contribution < 1.29 is 0 Å². The fourth-order valence-corrected chi connectivity index (χ4v) is 1.31. The van der Waals surface area contributed by atoms with Gasteiger partial charge in [0.25, 0.3) is 0 Å². The van der Waals surface area contributed by atoms with Crippen molar-refractivity contribution in [1.82, 2.24) is 9.99 Å². The Morgan fingerprint density at radius 2 is 2.00 bits per heavy atom. The molecular weight excluding hydrogens is 188 g/mol. The van der Waals surface area contributed by atoms with Gasteiger partial charge in [0.15, 0.2) is 0 Å². The smallest absolute Gasteiger partial charge is 0.0968 e. The first-order valence-electron chi connectivity index (χ1n) is 4.70. The second kappa shape index (κ2) is 4.04. The lowest BCUT2D eigenvalue weighted by Gasteiger charge is -2.02. The third kappa shape index (κ3) is 2.10. The maximum atomic E-state index is 4.25. The topological polar surface area (TPSA) is 40.9 Å². The van der Waals surface area contributed by atoms with E-state index in [0.29, 0.717) is 0 Å². The molecule has 0 saturated carbocycles. The van der Waals surface area contributed by atoms with E-state index in [1.807, 2.05) is 44.4 Å². The molecule has 0 bridgehead atoms. The summed E-state index contributed by atoms with van der Waals surface area (Å²) in [5.41, 5.74) is 1.78. The van der Waals surface area contributed by atoms with E-state index in [4.69, 9.17) is 0 Å². The SMILES string of the molecule is CN(C)N=Nc1cccc2ncccc12. The molecule has 1 aromatic carbocycles. The fourth-order valence-electron chi connectivity index (χ4n) is 1.31. The molecule has 76 valence electrons. The summed E-state index contributed by atoms with van der Waals surface area (Å²) in [5, 5.41) is 10.8. The molecule has 0 aliphatic rings. The van der Waals surface area contributed by atoms with Crippen LogP contribution < -0.4 is 0 Å². The third-order valence-electron chi connectivity index (χ3n) is 1.95. The Kier molecular flexibility index (Phi) is 2.58. The molecule has 0 N–H and O–H groups in total. The van der Waals surface area contributed by atoms with E-state index < -0.39 is 0 Å². The zero-order chi connectivity index (χ0) is 10.7. The summed E-state index contributed by atoms with van der Waals surface area (Å²) < 4.78 is 0. The van der Waals surface area contributed by atoms with E-state index in [2.05, 4.69) is 15.3 Å². The van der Waals surface area contributed by atoms with Crippen LogP contribution in [0.1, 0.15) is 0 Å². The molecule has 0 aliphatic heterocycles. The van der Waals surface area contributed by atoms with Crippen molar-refractivity contribution in [3.05, 3.63) is 36.5 Å². The van der Waals surface area contributed by atoms with Crippen LogP contribution in [0.4, 0.5) is 5.69 Å². The van der Waals surface area contributed by atoms with E-state index >= 15 is 0 Å². The average molecular weight is 200 g/mol. The second-order valence-electron chi connectivity index (χ2n) is 3.38. The Morgan fingerprint density at radius 1 is 1.13 bits per heavy atom. The number of benzene rings is 1. The molecule has 0 unspecified atom stereocenters. The van der Waals surface area contributed by atoms with E-state index in [9.17, 15) is 0 Å². The first-order chi connectivity index (χ1) is 7.27. The summed E-state index contributed by atoms with van der Waals surface area (Å²) >= 11 is 0. The van der Waals surface area contributed by atoms with Crippen molar-refractivity contribution in [2.24, 2.45) is 10.3 Å². The molecule has 2 aromatic rings. The maximum absolute atomic E-state index is 4.25. The largest absolute Gasteiger partial charge is 0.285 e. The Balaban J connectivity index is 2.51. The van der Waals surface area contributed by atoms with Crippen LogP contribution in [0.25, 0.3) is 10.9 Å². The van der Waals surface area contributed by atoms with Crippen LogP contribution in [0.15, 0.2) is 46.9 Å². The minimum Gasteiger partial charge on any atom is -0.285 e. The van der Waals surface area contributed by atoms with Gasteiger partial charge in [-0.25, -0.2) is 0 Å². The van der Waals surface area contributed by atoms with Crippen molar-refractivity contribution in [3.63, 3.8) is 0 Å². The first kappa shape index (κ1) is 9.58. The van der Waals surface area contributed by atoms with Gasteiger partial charge in [0.1, 0.15) is 0 Å². The van der Waals surface area contributed by atoms with Gasteiger partial charge in [0, 0.05) is 25.7 Å². The summed E-state index contributed by atoms with van der Waals surface area (Å²) in [4.78, 5) is 4.25. The van der Waals surface area contributed by atoms with Crippen LogP contribution in [-0.4, -0.2) is 24.1 Å². The van der Waals surface area contributed by atoms with Crippen LogP contribution in [0.3, 0.4) is 0 Å². The van der Waals surface area contributed by atoms with Gasteiger partial charge in [-0.2, -0.15) is 0 Å². The lowest BCUT2D eigenvalue weighted by atomic mass is 10.2. The van der Waals surface area contributed by atoms with E-state index in [0.717, 1.165) is 16.6 Å². The molecule has 0 aliphatic carbocycles. The van der Waals surface area contributed by atoms with Crippen molar-refractivity contribution in [1.29, 1.82) is 0 Å². The second-order valence-corrected chi connectivity index (χ2v) is 3.38. The minimum absolute atomic E-state index is 0.842. The molecule has 4 heteroatoms. The first-order valence-corrected chi connectivity index (χ1v) is 4.70. The highest BCUT2D eigenvalue weighted by atomic mass is 15.5. The lowest BCUT2D eigenvalue weighted by Crippen LogP contribution is -1.98. The van der Waals surface area contributed by atoms with Gasteiger partial charge in [-0.05, 0) is 24.3 Å². The molecular formula is C11H12N4. The standard InChI is InChI=1S/C11H12N4/c1-15(2)14-13-11-7-3-6-10-9(11)5-4-8-12-10/h3-8H,1-2H3. The molecule has 0 spiro atoms. The zero-order valence-electron chi connectivity index (χ0n) is 8.75. The molecule has 15 heavy (non-hydrogen) atoms. The summed E-state index contributed by atoms with van der Waals surface area (Å²) in [6, 6.07) is 9.71. The Bertz CT molecular complexity index is 485. The van der Waals surface area contributed by atoms with Gasteiger partial charge in [0.05, 0.1) is 11.2 Å². The van der Waals surface area contributed by atoms with E-state index in [1.165, 1.54) is 0 Å². The number of aromatic nitrogens is 1. The van der Waals surface area contributed by atoms with Crippen LogP contribution in [-0.2, 0) is 0 Å². The summed E-state index contributed by atoms with van der Waals surface area (Å²) in [6.45, 7) is 0. The van der Waals surface area contributed by atoms with E-state index in [1.54, 1.807) is 11.2 Å². The number of pyridine rings is 1. The third-order valence-corrected chi connectivity index (χ3v) is 1.95. The highest BCUT2D eigenvalue weighted by Crippen LogP contribution is 2.24. The van der Waals surface area contributed by atoms with E-state index in [-0.39, 0.29) is 0 Å². The number of nitrogens with zero attached hydrogens (tertiary/aromatic N) is 4. The summed E-state index contributed by atoms with van der Waals surface area (Å²) in [6.07, 6.45) is 1.77. The van der Waals surface area contributed by atoms with Gasteiger partial charge >= 0.3 is 0 Å². The van der Waals surface area contributed by atoms with Gasteiger partial charge < -0.3 is 0 Å². The van der Waals surface area contributed by atoms with Gasteiger partial charge in [-0.15, -0.1) is 5.11 Å². The molecule has 0 saturated heterocycles. The van der Waals surface area contributed by atoms with Crippen LogP contribution in [0.2, 0.25) is 0 Å². The van der Waals surface area contributed by atoms with Gasteiger partial charge in [0.2, 0.25) is 0 Å². The fraction of sp³-hybridized carbons (Fsp3) is 0.182. The van der Waals surface area contributed by atoms with Crippen molar-refractivity contribution in [2.75, 3.05) is 14.1 Å². The maximum Gasteiger partial charge on any atom is 0.0968 e. The normalized spacial score (nSPS) is 11.1. The Labute approximate surface area is 88.2 Å². The molecule has 0 radical (unpaired) electrons. The average Bonchev–Trinajstić information content (AvgIpc) is 2.26. The summed E-state index contributed by atoms with van der Waals surface area (Å²) in [5.74, 6) is 0. The van der Waals surface area contributed by atoms with Crippen LogP contribution >= 0.6 is 0 Å². The number of hydrogen-bond donors (Lipinski definition) is 0. The Hall–Kier alpha value is -1.97. The molecule has 0 fully saturated rings. The zero-order valence-corrected chi connectivity index (χ0v) is 8.75. The molecule has 4 nitrogen and oxygen atoms in total. The molecule has 2 rings (SSSR count). The predicted octanol–water partition coefficient (Wildman–Crippen LogP) is 2.80. The minimum atomic E-state index is 0.842. The monoisotopic (exact) mass is 200 g/mol. The van der Waals surface area contributed by atoms with Crippen LogP contribution in [0.5, 0.6) is 0 Å². The number of fused-ring (bicyclic) bond motifs is 1. The van der Waals surface area contributed by atoms with Crippen molar-refractivity contribution in [3.8, 4) is 0 Å². The highest BCUT2D eigenvalue weighted by Gasteiger charge is 1.98. The van der Waals surface area contributed by atoms with Crippen molar-refractivity contribution >= 4 is 16.6 Å². The number of hydrogen-bond acceptors (Lipinski definition) is 3. The quantitative estimate of drug-likeness (QED) is 0.552. The lowest BCUT2D eigenvalue weighted by molar-refractivity contribution is 0.408. The van der Waals surface area contributed by atoms with Gasteiger partial charge in [-0.3, -0.25) is 9.99 Å². The van der Waals surface area contributed by atoms with Crippen molar-refractivity contribution in [2.45, 2.75) is 0 Å². The predicted molar refractivity (Wildman–Crippen MR) is 59.9 cm³/mol. The number of rotatable bonds is 2. The Morgan fingerprint density at radius 3 is 2.80 bits per heavy atom. The molecule has 1 aromatic heterocycles.